The first-order valence-electron chi connectivity index (χ1n) is 6.33. The van der Waals surface area contributed by atoms with Crippen molar-refractivity contribution in [2.45, 2.75) is 19.4 Å². The SMILES string of the molecule is C[C@@H](N)c1cccnc1N1CCc2ccccc21. The number of pyridine rings is 1. The molecule has 0 aliphatic carbocycles. The molecule has 3 rings (SSSR count). The predicted octanol–water partition coefficient (Wildman–Crippen LogP) is 2.80. The normalized spacial score (nSPS) is 15.6. The highest BCUT2D eigenvalue weighted by Gasteiger charge is 2.23. The van der Waals surface area contributed by atoms with Gasteiger partial charge in [-0.1, -0.05) is 24.3 Å². The van der Waals surface area contributed by atoms with Crippen molar-refractivity contribution in [2.75, 3.05) is 11.4 Å². The van der Waals surface area contributed by atoms with Gasteiger partial charge in [0.1, 0.15) is 5.82 Å². The third-order valence-electron chi connectivity index (χ3n) is 3.45. The number of rotatable bonds is 2. The van der Waals surface area contributed by atoms with Gasteiger partial charge in [0.05, 0.1) is 0 Å². The number of aromatic nitrogens is 1. The maximum Gasteiger partial charge on any atom is 0.137 e. The van der Waals surface area contributed by atoms with Crippen LogP contribution < -0.4 is 10.6 Å². The second-order valence-electron chi connectivity index (χ2n) is 4.74. The Morgan fingerprint density at radius 2 is 2.06 bits per heavy atom. The van der Waals surface area contributed by atoms with E-state index in [4.69, 9.17) is 5.73 Å². The Bertz CT molecular complexity index is 563. The Labute approximate surface area is 107 Å². The fourth-order valence-corrected chi connectivity index (χ4v) is 2.55. The number of nitrogens with two attached hydrogens (primary N) is 1. The van der Waals surface area contributed by atoms with Crippen LogP contribution in [0.5, 0.6) is 0 Å². The molecule has 0 spiro atoms. The first kappa shape index (κ1) is 11.2. The van der Waals surface area contributed by atoms with Crippen molar-refractivity contribution in [2.24, 2.45) is 5.73 Å². The summed E-state index contributed by atoms with van der Waals surface area (Å²) >= 11 is 0. The molecule has 3 heteroatoms. The van der Waals surface area contributed by atoms with Gasteiger partial charge in [0.15, 0.2) is 0 Å². The summed E-state index contributed by atoms with van der Waals surface area (Å²) in [6.45, 7) is 2.98. The third kappa shape index (κ3) is 1.77. The minimum absolute atomic E-state index is 0.00135. The van der Waals surface area contributed by atoms with Crippen molar-refractivity contribution in [3.05, 3.63) is 53.7 Å². The van der Waals surface area contributed by atoms with E-state index in [-0.39, 0.29) is 6.04 Å². The number of anilines is 2. The van der Waals surface area contributed by atoms with E-state index in [1.807, 2.05) is 19.2 Å². The molecule has 1 atom stereocenters. The topological polar surface area (TPSA) is 42.1 Å². The van der Waals surface area contributed by atoms with E-state index >= 15 is 0 Å². The summed E-state index contributed by atoms with van der Waals surface area (Å²) in [5.74, 6) is 0.998. The van der Waals surface area contributed by atoms with Crippen molar-refractivity contribution in [1.29, 1.82) is 0 Å². The molecule has 2 aromatic rings. The van der Waals surface area contributed by atoms with Crippen LogP contribution in [0.25, 0.3) is 0 Å². The lowest BCUT2D eigenvalue weighted by molar-refractivity contribution is 0.802. The molecule has 3 nitrogen and oxygen atoms in total. The van der Waals surface area contributed by atoms with Gasteiger partial charge in [0, 0.05) is 30.0 Å². The van der Waals surface area contributed by atoms with Crippen LogP contribution in [0.2, 0.25) is 0 Å². The molecule has 0 amide bonds. The summed E-state index contributed by atoms with van der Waals surface area (Å²) in [6.07, 6.45) is 2.91. The molecule has 0 saturated heterocycles. The maximum absolute atomic E-state index is 6.04. The number of hydrogen-bond donors (Lipinski definition) is 1. The van der Waals surface area contributed by atoms with Gasteiger partial charge in [0.2, 0.25) is 0 Å². The second-order valence-corrected chi connectivity index (χ2v) is 4.74. The van der Waals surface area contributed by atoms with E-state index < -0.39 is 0 Å². The molecule has 92 valence electrons. The van der Waals surface area contributed by atoms with Crippen LogP contribution >= 0.6 is 0 Å². The fraction of sp³-hybridized carbons (Fsp3) is 0.267. The van der Waals surface area contributed by atoms with Crippen LogP contribution in [0.1, 0.15) is 24.1 Å². The highest BCUT2D eigenvalue weighted by molar-refractivity contribution is 5.69. The van der Waals surface area contributed by atoms with Crippen molar-refractivity contribution in [1.82, 2.24) is 4.98 Å². The number of fused-ring (bicyclic) bond motifs is 1. The molecule has 0 fully saturated rings. The minimum atomic E-state index is 0.00135. The highest BCUT2D eigenvalue weighted by atomic mass is 15.2. The average Bonchev–Trinajstić information content (AvgIpc) is 2.82. The molecule has 1 aromatic heterocycles. The standard InChI is InChI=1S/C15H17N3/c1-11(16)13-6-4-9-17-15(13)18-10-8-12-5-2-3-7-14(12)18/h2-7,9,11H,8,10,16H2,1H3/t11-/m1/s1. The Kier molecular flexibility index (Phi) is 2.76. The first-order chi connectivity index (χ1) is 8.77. The highest BCUT2D eigenvalue weighted by Crippen LogP contribution is 2.35. The first-order valence-corrected chi connectivity index (χ1v) is 6.33. The minimum Gasteiger partial charge on any atom is -0.326 e. The fourth-order valence-electron chi connectivity index (χ4n) is 2.55. The zero-order valence-corrected chi connectivity index (χ0v) is 10.5. The monoisotopic (exact) mass is 239 g/mol. The molecule has 1 aromatic carbocycles. The molecular weight excluding hydrogens is 222 g/mol. The van der Waals surface area contributed by atoms with E-state index in [2.05, 4.69) is 40.2 Å². The van der Waals surface area contributed by atoms with Gasteiger partial charge in [-0.25, -0.2) is 4.98 Å². The lowest BCUT2D eigenvalue weighted by Crippen LogP contribution is -2.19. The van der Waals surface area contributed by atoms with Crippen molar-refractivity contribution >= 4 is 11.5 Å². The summed E-state index contributed by atoms with van der Waals surface area (Å²) in [4.78, 5) is 6.80. The van der Waals surface area contributed by atoms with Crippen LogP contribution in [0.4, 0.5) is 11.5 Å². The lowest BCUT2D eigenvalue weighted by Gasteiger charge is -2.22. The van der Waals surface area contributed by atoms with Crippen LogP contribution in [0.3, 0.4) is 0 Å². The summed E-state index contributed by atoms with van der Waals surface area (Å²) in [7, 11) is 0. The van der Waals surface area contributed by atoms with Gasteiger partial charge in [-0.15, -0.1) is 0 Å². The summed E-state index contributed by atoms with van der Waals surface area (Å²) in [5.41, 5.74) is 9.79. The molecule has 2 N–H and O–H groups in total. The Balaban J connectivity index is 2.08. The molecular formula is C15H17N3. The molecule has 2 heterocycles. The Hall–Kier alpha value is -1.87. The number of nitrogens with zero attached hydrogens (tertiary/aromatic N) is 2. The van der Waals surface area contributed by atoms with Gasteiger partial charge >= 0.3 is 0 Å². The summed E-state index contributed by atoms with van der Waals surface area (Å²) in [5, 5.41) is 0. The summed E-state index contributed by atoms with van der Waals surface area (Å²) < 4.78 is 0. The lowest BCUT2D eigenvalue weighted by atomic mass is 10.1. The van der Waals surface area contributed by atoms with E-state index in [0.717, 1.165) is 24.3 Å². The summed E-state index contributed by atoms with van der Waals surface area (Å²) in [6, 6.07) is 12.5. The Morgan fingerprint density at radius 3 is 2.89 bits per heavy atom. The molecule has 0 bridgehead atoms. The van der Waals surface area contributed by atoms with Gasteiger partial charge in [-0.05, 0) is 31.0 Å². The number of para-hydroxylation sites is 1. The van der Waals surface area contributed by atoms with Crippen LogP contribution in [-0.4, -0.2) is 11.5 Å². The van der Waals surface area contributed by atoms with Gasteiger partial charge < -0.3 is 10.6 Å². The molecule has 0 radical (unpaired) electrons. The van der Waals surface area contributed by atoms with Gasteiger partial charge in [-0.2, -0.15) is 0 Å². The zero-order valence-electron chi connectivity index (χ0n) is 10.5. The van der Waals surface area contributed by atoms with Crippen LogP contribution in [-0.2, 0) is 6.42 Å². The van der Waals surface area contributed by atoms with Gasteiger partial charge in [-0.3, -0.25) is 0 Å². The molecule has 1 aliphatic rings. The van der Waals surface area contributed by atoms with Gasteiger partial charge in [0.25, 0.3) is 0 Å². The molecule has 18 heavy (non-hydrogen) atoms. The quantitative estimate of drug-likeness (QED) is 0.876. The predicted molar refractivity (Wildman–Crippen MR) is 74.0 cm³/mol. The maximum atomic E-state index is 6.04. The van der Waals surface area contributed by atoms with E-state index in [1.54, 1.807) is 0 Å². The smallest absolute Gasteiger partial charge is 0.137 e. The van der Waals surface area contributed by atoms with Crippen molar-refractivity contribution < 1.29 is 0 Å². The largest absolute Gasteiger partial charge is 0.326 e. The number of benzene rings is 1. The molecule has 0 saturated carbocycles. The Morgan fingerprint density at radius 1 is 1.22 bits per heavy atom. The zero-order chi connectivity index (χ0) is 12.5. The van der Waals surface area contributed by atoms with E-state index in [1.165, 1.54) is 11.3 Å². The van der Waals surface area contributed by atoms with Crippen molar-refractivity contribution in [3.63, 3.8) is 0 Å². The second kappa shape index (κ2) is 4.42. The van der Waals surface area contributed by atoms with E-state index in [9.17, 15) is 0 Å². The number of hydrogen-bond acceptors (Lipinski definition) is 3. The average molecular weight is 239 g/mol. The van der Waals surface area contributed by atoms with Crippen molar-refractivity contribution in [3.8, 4) is 0 Å². The van der Waals surface area contributed by atoms with Crippen LogP contribution in [0, 0.1) is 0 Å². The van der Waals surface area contributed by atoms with Crippen LogP contribution in [0.15, 0.2) is 42.6 Å². The van der Waals surface area contributed by atoms with E-state index in [0.29, 0.717) is 0 Å². The molecule has 0 unspecified atom stereocenters. The third-order valence-corrected chi connectivity index (χ3v) is 3.45. The molecule has 1 aliphatic heterocycles.